The number of aliphatic carboxylic acids is 1. The Morgan fingerprint density at radius 1 is 1.24 bits per heavy atom. The fourth-order valence-electron chi connectivity index (χ4n) is 2.72. The van der Waals surface area contributed by atoms with Crippen LogP contribution in [0.2, 0.25) is 0 Å². The Bertz CT molecular complexity index is 237. The molecule has 0 aromatic carbocycles. The minimum absolute atomic E-state index is 0.410. The zero-order valence-electron chi connectivity index (χ0n) is 10.5. The summed E-state index contributed by atoms with van der Waals surface area (Å²) in [5.41, 5.74) is 4.67. The predicted molar refractivity (Wildman–Crippen MR) is 66.7 cm³/mol. The molecule has 0 bridgehead atoms. The highest BCUT2D eigenvalue weighted by Gasteiger charge is 2.34. The maximum Gasteiger partial charge on any atom is 0.306 e. The number of hydrogen-bond acceptors (Lipinski definition) is 3. The molecule has 0 aromatic heterocycles. The molecule has 4 N–H and O–H groups in total. The average molecular weight is 243 g/mol. The van der Waals surface area contributed by atoms with Crippen LogP contribution in [0.1, 0.15) is 57.8 Å². The van der Waals surface area contributed by atoms with E-state index >= 15 is 0 Å². The molecule has 17 heavy (non-hydrogen) atoms. The molecule has 4 nitrogen and oxygen atoms in total. The summed E-state index contributed by atoms with van der Waals surface area (Å²) in [6.45, 7) is 0.608. The molecule has 0 heterocycles. The van der Waals surface area contributed by atoms with Crippen LogP contribution >= 0.6 is 0 Å². The first-order valence-corrected chi connectivity index (χ1v) is 6.73. The molecule has 1 aliphatic carbocycles. The summed E-state index contributed by atoms with van der Waals surface area (Å²) in [5.74, 6) is -1.19. The third-order valence-electron chi connectivity index (χ3n) is 3.77. The Morgan fingerprint density at radius 2 is 1.88 bits per heavy atom. The van der Waals surface area contributed by atoms with Crippen molar-refractivity contribution in [2.24, 2.45) is 11.7 Å². The van der Waals surface area contributed by atoms with Gasteiger partial charge in [0.1, 0.15) is 0 Å². The van der Waals surface area contributed by atoms with Crippen LogP contribution in [0.5, 0.6) is 0 Å². The summed E-state index contributed by atoms with van der Waals surface area (Å²) < 4.78 is 0. The molecule has 1 aliphatic rings. The Morgan fingerprint density at radius 3 is 2.41 bits per heavy atom. The van der Waals surface area contributed by atoms with E-state index in [9.17, 15) is 15.0 Å². The van der Waals surface area contributed by atoms with Crippen LogP contribution < -0.4 is 5.73 Å². The van der Waals surface area contributed by atoms with Crippen LogP contribution in [0.15, 0.2) is 0 Å². The zero-order chi connectivity index (χ0) is 12.7. The topological polar surface area (TPSA) is 83.5 Å². The van der Waals surface area contributed by atoms with E-state index in [-0.39, 0.29) is 0 Å². The number of carboxylic acid groups (broad SMARTS) is 1. The maximum absolute atomic E-state index is 11.2. The average Bonchev–Trinajstić information content (AvgIpc) is 2.28. The van der Waals surface area contributed by atoms with Crippen molar-refractivity contribution in [2.75, 3.05) is 6.54 Å². The van der Waals surface area contributed by atoms with E-state index in [1.165, 1.54) is 0 Å². The van der Waals surface area contributed by atoms with E-state index in [0.29, 0.717) is 19.4 Å². The minimum atomic E-state index is -0.777. The van der Waals surface area contributed by atoms with Crippen molar-refractivity contribution < 1.29 is 15.0 Å². The summed E-state index contributed by atoms with van der Waals surface area (Å²) in [4.78, 5) is 11.2. The Hall–Kier alpha value is -0.610. The number of carbonyl (C=O) groups is 1. The largest absolute Gasteiger partial charge is 0.481 e. The van der Waals surface area contributed by atoms with Crippen molar-refractivity contribution >= 4 is 5.97 Å². The summed E-state index contributed by atoms with van der Waals surface area (Å²) in [6.07, 6.45) is 7.46. The molecule has 1 unspecified atom stereocenters. The second-order valence-corrected chi connectivity index (χ2v) is 5.31. The number of aliphatic hydroxyl groups is 1. The zero-order valence-corrected chi connectivity index (χ0v) is 10.5. The number of unbranched alkanes of at least 4 members (excludes halogenated alkanes) is 1. The lowest BCUT2D eigenvalue weighted by atomic mass is 9.77. The third-order valence-corrected chi connectivity index (χ3v) is 3.77. The first-order chi connectivity index (χ1) is 8.07. The Kier molecular flexibility index (Phi) is 5.92. The highest BCUT2D eigenvalue weighted by atomic mass is 16.4. The van der Waals surface area contributed by atoms with Crippen molar-refractivity contribution in [2.45, 2.75) is 63.4 Å². The van der Waals surface area contributed by atoms with Gasteiger partial charge in [-0.3, -0.25) is 4.79 Å². The molecule has 4 heteroatoms. The third kappa shape index (κ3) is 5.04. The van der Waals surface area contributed by atoms with Crippen LogP contribution in [-0.4, -0.2) is 28.3 Å². The highest BCUT2D eigenvalue weighted by molar-refractivity contribution is 5.70. The van der Waals surface area contributed by atoms with E-state index in [0.717, 1.165) is 44.9 Å². The molecular weight excluding hydrogens is 218 g/mol. The van der Waals surface area contributed by atoms with Gasteiger partial charge < -0.3 is 15.9 Å². The molecule has 1 atom stereocenters. The van der Waals surface area contributed by atoms with E-state index < -0.39 is 17.5 Å². The van der Waals surface area contributed by atoms with Gasteiger partial charge in [-0.25, -0.2) is 0 Å². The SMILES string of the molecule is NCCCCC(CC1(O)CCCCC1)C(=O)O. The lowest BCUT2D eigenvalue weighted by Gasteiger charge is -2.34. The van der Waals surface area contributed by atoms with E-state index in [4.69, 9.17) is 5.73 Å². The summed E-state index contributed by atoms with van der Waals surface area (Å²) in [6, 6.07) is 0. The summed E-state index contributed by atoms with van der Waals surface area (Å²) >= 11 is 0. The van der Waals surface area contributed by atoms with Crippen LogP contribution in [0.25, 0.3) is 0 Å². The van der Waals surface area contributed by atoms with Gasteiger partial charge in [-0.05, 0) is 38.6 Å². The van der Waals surface area contributed by atoms with E-state index in [1.54, 1.807) is 0 Å². The first-order valence-electron chi connectivity index (χ1n) is 6.73. The van der Waals surface area contributed by atoms with Crippen LogP contribution in [0, 0.1) is 5.92 Å². The standard InChI is InChI=1S/C13H25NO3/c14-9-5-2-6-11(12(15)16)10-13(17)7-3-1-4-8-13/h11,17H,1-10,14H2,(H,15,16). The van der Waals surface area contributed by atoms with Gasteiger partial charge in [-0.1, -0.05) is 25.7 Å². The molecule has 1 fully saturated rings. The monoisotopic (exact) mass is 243 g/mol. The van der Waals surface area contributed by atoms with Crippen LogP contribution in [0.3, 0.4) is 0 Å². The number of hydrogen-bond donors (Lipinski definition) is 3. The van der Waals surface area contributed by atoms with Crippen molar-refractivity contribution in [3.05, 3.63) is 0 Å². The molecule has 0 radical (unpaired) electrons. The molecule has 100 valence electrons. The molecule has 1 saturated carbocycles. The predicted octanol–water partition coefficient (Wildman–Crippen LogP) is 1.90. The second-order valence-electron chi connectivity index (χ2n) is 5.31. The molecule has 0 spiro atoms. The van der Waals surface area contributed by atoms with Gasteiger partial charge in [-0.2, -0.15) is 0 Å². The lowest BCUT2D eigenvalue weighted by Crippen LogP contribution is -2.35. The fourth-order valence-corrected chi connectivity index (χ4v) is 2.72. The molecule has 0 aliphatic heterocycles. The Labute approximate surface area is 103 Å². The number of nitrogens with two attached hydrogens (primary N) is 1. The molecule has 0 aromatic rings. The maximum atomic E-state index is 11.2. The van der Waals surface area contributed by atoms with E-state index in [1.807, 2.05) is 0 Å². The van der Waals surface area contributed by atoms with Gasteiger partial charge in [-0.15, -0.1) is 0 Å². The van der Waals surface area contributed by atoms with Crippen molar-refractivity contribution in [1.82, 2.24) is 0 Å². The molecule has 0 saturated heterocycles. The smallest absolute Gasteiger partial charge is 0.306 e. The van der Waals surface area contributed by atoms with Gasteiger partial charge in [0.15, 0.2) is 0 Å². The second kappa shape index (κ2) is 6.97. The molecule has 0 amide bonds. The highest BCUT2D eigenvalue weighted by Crippen LogP contribution is 2.34. The number of carboxylic acids is 1. The van der Waals surface area contributed by atoms with E-state index in [2.05, 4.69) is 0 Å². The van der Waals surface area contributed by atoms with Gasteiger partial charge in [0.05, 0.1) is 11.5 Å². The quantitative estimate of drug-likeness (QED) is 0.596. The fraction of sp³-hybridized carbons (Fsp3) is 0.923. The lowest BCUT2D eigenvalue weighted by molar-refractivity contribution is -0.145. The van der Waals surface area contributed by atoms with Gasteiger partial charge in [0.2, 0.25) is 0 Å². The van der Waals surface area contributed by atoms with Crippen molar-refractivity contribution in [1.29, 1.82) is 0 Å². The van der Waals surface area contributed by atoms with Gasteiger partial charge >= 0.3 is 5.97 Å². The normalized spacial score (nSPS) is 21.1. The van der Waals surface area contributed by atoms with Gasteiger partial charge in [0.25, 0.3) is 0 Å². The minimum Gasteiger partial charge on any atom is -0.481 e. The summed E-state index contributed by atoms with van der Waals surface area (Å²) in [7, 11) is 0. The van der Waals surface area contributed by atoms with Crippen LogP contribution in [-0.2, 0) is 4.79 Å². The molecule has 1 rings (SSSR count). The molecular formula is C13H25NO3. The van der Waals surface area contributed by atoms with Gasteiger partial charge in [0, 0.05) is 0 Å². The van der Waals surface area contributed by atoms with Crippen LogP contribution in [0.4, 0.5) is 0 Å². The summed E-state index contributed by atoms with van der Waals surface area (Å²) in [5, 5.41) is 19.5. The van der Waals surface area contributed by atoms with Crippen molar-refractivity contribution in [3.63, 3.8) is 0 Å². The number of rotatable bonds is 7. The Balaban J connectivity index is 2.44. The van der Waals surface area contributed by atoms with Crippen molar-refractivity contribution in [3.8, 4) is 0 Å². The first kappa shape index (κ1) is 14.5.